The number of hydrogen-bond acceptors (Lipinski definition) is 5. The molecule has 0 bridgehead atoms. The number of carbonyl (C=O) groups excluding carboxylic acids is 2. The van der Waals surface area contributed by atoms with E-state index in [-0.39, 0.29) is 35.9 Å². The van der Waals surface area contributed by atoms with Gasteiger partial charge in [-0.25, -0.2) is 4.39 Å². The summed E-state index contributed by atoms with van der Waals surface area (Å²) in [6.07, 6.45) is -2.57. The minimum atomic E-state index is -4.75. The maximum Gasteiger partial charge on any atom is 0.419 e. The fraction of sp³-hybridized carbons (Fsp3) is 0.524. The molecule has 1 aromatic carbocycles. The first-order chi connectivity index (χ1) is 14.2. The Hall–Kier alpha value is -1.87. The lowest BCUT2D eigenvalue weighted by molar-refractivity contribution is -0.140. The van der Waals surface area contributed by atoms with Gasteiger partial charge in [-0.3, -0.25) is 19.9 Å². The lowest BCUT2D eigenvalue weighted by Crippen LogP contribution is -2.30. The molecule has 0 radical (unpaired) electrons. The Bertz CT molecular complexity index is 788. The van der Waals surface area contributed by atoms with Gasteiger partial charge in [0.2, 0.25) is 0 Å². The standard InChI is InChI=1S/C21H25F4NO3S/c1-3-5-17(26-29-4-2)20-18(27)10-13(11-19(20)28)8-9-30-14-6-7-16(22)15(12-14)21(23,24)25/h6-7,12-13,26H,3-5,8-11H2,1-2H3. The lowest BCUT2D eigenvalue weighted by atomic mass is 9.81. The minimum Gasteiger partial charge on any atom is -0.294 e. The second kappa shape index (κ2) is 10.9. The molecule has 0 amide bonds. The van der Waals surface area contributed by atoms with Gasteiger partial charge in [-0.05, 0) is 49.6 Å². The van der Waals surface area contributed by atoms with Gasteiger partial charge >= 0.3 is 6.18 Å². The van der Waals surface area contributed by atoms with Gasteiger partial charge in [0, 0.05) is 17.7 Å². The van der Waals surface area contributed by atoms with Crippen molar-refractivity contribution in [2.24, 2.45) is 5.92 Å². The van der Waals surface area contributed by atoms with Crippen molar-refractivity contribution >= 4 is 23.3 Å². The van der Waals surface area contributed by atoms with Crippen molar-refractivity contribution in [3.8, 4) is 0 Å². The molecule has 0 heterocycles. The second-order valence-corrected chi connectivity index (χ2v) is 8.20. The number of carbonyl (C=O) groups is 2. The molecule has 0 unspecified atom stereocenters. The zero-order chi connectivity index (χ0) is 22.3. The lowest BCUT2D eigenvalue weighted by Gasteiger charge is -2.24. The summed E-state index contributed by atoms with van der Waals surface area (Å²) in [5, 5.41) is 0. The van der Waals surface area contributed by atoms with Crippen molar-refractivity contribution in [2.45, 2.75) is 57.0 Å². The number of hydroxylamine groups is 1. The van der Waals surface area contributed by atoms with Crippen molar-refractivity contribution in [2.75, 3.05) is 12.4 Å². The molecule has 0 aromatic heterocycles. The van der Waals surface area contributed by atoms with Crippen LogP contribution in [0.15, 0.2) is 34.4 Å². The number of ketones is 2. The Morgan fingerprint density at radius 1 is 1.20 bits per heavy atom. The third kappa shape index (κ3) is 6.57. The van der Waals surface area contributed by atoms with Crippen molar-refractivity contribution in [3.05, 3.63) is 40.8 Å². The van der Waals surface area contributed by atoms with Crippen molar-refractivity contribution in [3.63, 3.8) is 0 Å². The fourth-order valence-corrected chi connectivity index (χ4v) is 4.34. The molecule has 166 valence electrons. The molecule has 1 N–H and O–H groups in total. The number of rotatable bonds is 9. The normalized spacial score (nSPS) is 17.4. The largest absolute Gasteiger partial charge is 0.419 e. The van der Waals surface area contributed by atoms with Gasteiger partial charge in [0.05, 0.1) is 23.4 Å². The molecule has 1 aliphatic carbocycles. The van der Waals surface area contributed by atoms with E-state index in [1.54, 1.807) is 6.92 Å². The maximum atomic E-state index is 13.4. The van der Waals surface area contributed by atoms with Crippen LogP contribution in [0.5, 0.6) is 0 Å². The van der Waals surface area contributed by atoms with E-state index in [0.717, 1.165) is 30.3 Å². The Labute approximate surface area is 177 Å². The Morgan fingerprint density at radius 2 is 1.87 bits per heavy atom. The smallest absolute Gasteiger partial charge is 0.294 e. The first kappa shape index (κ1) is 24.4. The quantitative estimate of drug-likeness (QED) is 0.179. The summed E-state index contributed by atoms with van der Waals surface area (Å²) in [6.45, 7) is 4.12. The minimum absolute atomic E-state index is 0.168. The van der Waals surface area contributed by atoms with Crippen LogP contribution in [0.2, 0.25) is 0 Å². The number of hydrogen-bond donors (Lipinski definition) is 1. The monoisotopic (exact) mass is 447 g/mol. The van der Waals surface area contributed by atoms with Crippen molar-refractivity contribution < 1.29 is 32.0 Å². The van der Waals surface area contributed by atoms with Crippen LogP contribution in [0.25, 0.3) is 0 Å². The van der Waals surface area contributed by atoms with Gasteiger partial charge in [0.1, 0.15) is 5.82 Å². The van der Waals surface area contributed by atoms with Crippen LogP contribution in [-0.2, 0) is 20.6 Å². The molecular weight excluding hydrogens is 422 g/mol. The number of benzene rings is 1. The highest BCUT2D eigenvalue weighted by molar-refractivity contribution is 7.99. The summed E-state index contributed by atoms with van der Waals surface area (Å²) in [6, 6.07) is 2.88. The van der Waals surface area contributed by atoms with Crippen molar-refractivity contribution in [1.82, 2.24) is 5.48 Å². The SMILES string of the molecule is CCCC(NOCC)=C1C(=O)CC(CCSc2ccc(F)c(C(F)(F)F)c2)CC1=O. The number of allylic oxidation sites excluding steroid dienone is 2. The Balaban J connectivity index is 1.98. The first-order valence-corrected chi connectivity index (χ1v) is 10.8. The summed E-state index contributed by atoms with van der Waals surface area (Å²) in [5.41, 5.74) is 2.09. The summed E-state index contributed by atoms with van der Waals surface area (Å²) in [4.78, 5) is 30.6. The number of halogens is 4. The number of Topliss-reactive ketones (excluding diaryl/α,β-unsaturated/α-hetero) is 2. The highest BCUT2D eigenvalue weighted by Gasteiger charge is 2.35. The predicted molar refractivity (Wildman–Crippen MR) is 106 cm³/mol. The maximum absolute atomic E-state index is 13.4. The molecule has 1 aromatic rings. The molecule has 0 saturated heterocycles. The third-order valence-corrected chi connectivity index (χ3v) is 5.71. The highest BCUT2D eigenvalue weighted by atomic mass is 32.2. The van der Waals surface area contributed by atoms with Crippen LogP contribution in [-0.4, -0.2) is 23.9 Å². The van der Waals surface area contributed by atoms with Gasteiger partial charge in [0.25, 0.3) is 0 Å². The Morgan fingerprint density at radius 3 is 2.43 bits per heavy atom. The molecule has 4 nitrogen and oxygen atoms in total. The molecule has 9 heteroatoms. The molecular formula is C21H25F4NO3S. The van der Waals surface area contributed by atoms with Gasteiger partial charge in [-0.1, -0.05) is 13.3 Å². The van der Waals surface area contributed by atoms with Crippen LogP contribution in [0.4, 0.5) is 17.6 Å². The molecule has 0 atom stereocenters. The number of thioether (sulfide) groups is 1. The first-order valence-electron chi connectivity index (χ1n) is 9.84. The zero-order valence-corrected chi connectivity index (χ0v) is 17.7. The summed E-state index contributed by atoms with van der Waals surface area (Å²) >= 11 is 1.15. The van der Waals surface area contributed by atoms with E-state index < -0.39 is 17.6 Å². The van der Waals surface area contributed by atoms with Gasteiger partial charge in [0.15, 0.2) is 11.6 Å². The van der Waals surface area contributed by atoms with Crippen LogP contribution in [0, 0.1) is 11.7 Å². The van der Waals surface area contributed by atoms with E-state index in [1.165, 1.54) is 6.07 Å². The molecule has 0 spiro atoms. The van der Waals surface area contributed by atoms with Crippen LogP contribution >= 0.6 is 11.8 Å². The van der Waals surface area contributed by atoms with Crippen LogP contribution in [0.3, 0.4) is 0 Å². The summed E-state index contributed by atoms with van der Waals surface area (Å²) in [5.74, 6) is -1.53. The highest BCUT2D eigenvalue weighted by Crippen LogP contribution is 2.35. The van der Waals surface area contributed by atoms with Gasteiger partial charge < -0.3 is 0 Å². The van der Waals surface area contributed by atoms with Crippen LogP contribution in [0.1, 0.15) is 51.5 Å². The molecule has 2 rings (SSSR count). The summed E-state index contributed by atoms with van der Waals surface area (Å²) < 4.78 is 51.8. The zero-order valence-electron chi connectivity index (χ0n) is 16.9. The number of alkyl halides is 3. The van der Waals surface area contributed by atoms with E-state index in [2.05, 4.69) is 5.48 Å². The molecule has 30 heavy (non-hydrogen) atoms. The average molecular weight is 447 g/mol. The van der Waals surface area contributed by atoms with Gasteiger partial charge in [-0.15, -0.1) is 11.8 Å². The van der Waals surface area contributed by atoms with E-state index >= 15 is 0 Å². The predicted octanol–water partition coefficient (Wildman–Crippen LogP) is 5.47. The second-order valence-electron chi connectivity index (χ2n) is 7.04. The van der Waals surface area contributed by atoms with E-state index in [0.29, 0.717) is 35.8 Å². The topological polar surface area (TPSA) is 55.4 Å². The van der Waals surface area contributed by atoms with E-state index in [4.69, 9.17) is 4.84 Å². The molecule has 1 aliphatic rings. The Kier molecular flexibility index (Phi) is 8.91. The van der Waals surface area contributed by atoms with E-state index in [1.807, 2.05) is 6.92 Å². The summed E-state index contributed by atoms with van der Waals surface area (Å²) in [7, 11) is 0. The van der Waals surface area contributed by atoms with Crippen molar-refractivity contribution in [1.29, 1.82) is 0 Å². The molecule has 1 fully saturated rings. The fourth-order valence-electron chi connectivity index (χ4n) is 3.29. The van der Waals surface area contributed by atoms with E-state index in [9.17, 15) is 27.2 Å². The van der Waals surface area contributed by atoms with Gasteiger partial charge in [-0.2, -0.15) is 13.2 Å². The molecule has 0 aliphatic heterocycles. The molecule has 1 saturated carbocycles. The number of nitrogens with one attached hydrogen (secondary N) is 1. The third-order valence-electron chi connectivity index (χ3n) is 4.69. The van der Waals surface area contributed by atoms with Crippen LogP contribution < -0.4 is 5.48 Å². The average Bonchev–Trinajstić information content (AvgIpc) is 2.66.